The van der Waals surface area contributed by atoms with E-state index in [1.54, 1.807) is 7.11 Å². The quantitative estimate of drug-likeness (QED) is 0.758. The van der Waals surface area contributed by atoms with Crippen LogP contribution < -0.4 is 19.5 Å². The number of aliphatic imine (C=N–C) groups is 1. The van der Waals surface area contributed by atoms with Crippen molar-refractivity contribution in [1.82, 2.24) is 5.32 Å². The van der Waals surface area contributed by atoms with Crippen molar-refractivity contribution in [3.8, 4) is 17.2 Å². The highest BCUT2D eigenvalue weighted by Crippen LogP contribution is 2.28. The molecule has 0 atom stereocenters. The van der Waals surface area contributed by atoms with E-state index < -0.39 is 0 Å². The van der Waals surface area contributed by atoms with E-state index in [9.17, 15) is 0 Å². The summed E-state index contributed by atoms with van der Waals surface area (Å²) in [7, 11) is 1.65. The number of nitrogens with one attached hydrogen (secondary N) is 1. The molecular formula is C19H22N2O3. The van der Waals surface area contributed by atoms with Crippen LogP contribution in [0.2, 0.25) is 0 Å². The van der Waals surface area contributed by atoms with Gasteiger partial charge in [-0.15, -0.1) is 0 Å². The Morgan fingerprint density at radius 3 is 2.58 bits per heavy atom. The zero-order valence-electron chi connectivity index (χ0n) is 13.8. The second-order valence-electron chi connectivity index (χ2n) is 5.39. The molecule has 3 rings (SSSR count). The highest BCUT2D eigenvalue weighted by Gasteiger charge is 2.12. The van der Waals surface area contributed by atoms with Crippen LogP contribution in [0.5, 0.6) is 17.2 Å². The molecular weight excluding hydrogens is 304 g/mol. The maximum Gasteiger partial charge on any atom is 0.161 e. The van der Waals surface area contributed by atoms with Gasteiger partial charge in [-0.2, -0.15) is 0 Å². The van der Waals surface area contributed by atoms with Crippen molar-refractivity contribution in [3.63, 3.8) is 0 Å². The molecule has 0 amide bonds. The molecule has 5 heteroatoms. The molecule has 0 aromatic heterocycles. The largest absolute Gasteiger partial charge is 0.493 e. The molecule has 1 N–H and O–H groups in total. The summed E-state index contributed by atoms with van der Waals surface area (Å²) in [6.45, 7) is 2.89. The van der Waals surface area contributed by atoms with E-state index in [1.807, 2.05) is 48.5 Å². The number of benzene rings is 2. The summed E-state index contributed by atoms with van der Waals surface area (Å²) in [6, 6.07) is 15.7. The molecule has 1 aliphatic heterocycles. The minimum absolute atomic E-state index is 0.571. The van der Waals surface area contributed by atoms with E-state index in [2.05, 4.69) is 10.3 Å². The van der Waals surface area contributed by atoms with E-state index >= 15 is 0 Å². The van der Waals surface area contributed by atoms with Crippen molar-refractivity contribution in [3.05, 3.63) is 54.1 Å². The lowest BCUT2D eigenvalue weighted by atomic mass is 10.2. The lowest BCUT2D eigenvalue weighted by Gasteiger charge is -2.13. The molecule has 24 heavy (non-hydrogen) atoms. The maximum absolute atomic E-state index is 5.82. The van der Waals surface area contributed by atoms with Crippen molar-refractivity contribution in [2.24, 2.45) is 4.99 Å². The maximum atomic E-state index is 5.82. The Morgan fingerprint density at radius 2 is 1.83 bits per heavy atom. The Hall–Kier alpha value is -2.69. The number of amidine groups is 1. The number of para-hydroxylation sites is 1. The van der Waals surface area contributed by atoms with Gasteiger partial charge in [0.15, 0.2) is 11.5 Å². The second kappa shape index (κ2) is 8.24. The normalized spacial score (nSPS) is 13.1. The molecule has 1 aliphatic rings. The van der Waals surface area contributed by atoms with Gasteiger partial charge in [0, 0.05) is 18.5 Å². The van der Waals surface area contributed by atoms with Crippen LogP contribution in [0, 0.1) is 0 Å². The third-order valence-corrected chi connectivity index (χ3v) is 3.67. The first-order chi connectivity index (χ1) is 11.9. The highest BCUT2D eigenvalue weighted by molar-refractivity contribution is 6.00. The molecule has 126 valence electrons. The van der Waals surface area contributed by atoms with Crippen LogP contribution in [-0.4, -0.2) is 39.2 Å². The van der Waals surface area contributed by atoms with Gasteiger partial charge in [-0.25, -0.2) is 0 Å². The summed E-state index contributed by atoms with van der Waals surface area (Å²) >= 11 is 0. The average molecular weight is 326 g/mol. The van der Waals surface area contributed by atoms with E-state index in [1.165, 1.54) is 0 Å². The highest BCUT2D eigenvalue weighted by atomic mass is 16.5. The van der Waals surface area contributed by atoms with Crippen molar-refractivity contribution in [2.75, 3.05) is 33.4 Å². The van der Waals surface area contributed by atoms with Gasteiger partial charge in [0.2, 0.25) is 0 Å². The van der Waals surface area contributed by atoms with E-state index in [0.29, 0.717) is 19.0 Å². The zero-order valence-corrected chi connectivity index (χ0v) is 13.8. The third-order valence-electron chi connectivity index (χ3n) is 3.67. The van der Waals surface area contributed by atoms with Gasteiger partial charge in [0.25, 0.3) is 0 Å². The minimum Gasteiger partial charge on any atom is -0.493 e. The second-order valence-corrected chi connectivity index (χ2v) is 5.39. The Kier molecular flexibility index (Phi) is 5.56. The minimum atomic E-state index is 0.571. The Bertz CT molecular complexity index is 686. The van der Waals surface area contributed by atoms with Gasteiger partial charge in [-0.05, 0) is 30.3 Å². The van der Waals surface area contributed by atoms with Crippen LogP contribution in [0.3, 0.4) is 0 Å². The molecule has 2 aromatic carbocycles. The van der Waals surface area contributed by atoms with Crippen LogP contribution in [0.4, 0.5) is 0 Å². The van der Waals surface area contributed by atoms with Gasteiger partial charge in [0.05, 0.1) is 26.9 Å². The number of hydrogen-bond acceptors (Lipinski definition) is 5. The van der Waals surface area contributed by atoms with Crippen LogP contribution in [0.1, 0.15) is 12.0 Å². The Balaban J connectivity index is 1.49. The summed E-state index contributed by atoms with van der Waals surface area (Å²) in [5.41, 5.74) is 1.02. The predicted octanol–water partition coefficient (Wildman–Crippen LogP) is 2.89. The van der Waals surface area contributed by atoms with E-state index in [4.69, 9.17) is 14.2 Å². The Labute approximate surface area is 142 Å². The molecule has 1 heterocycles. The smallest absolute Gasteiger partial charge is 0.161 e. The molecule has 0 saturated carbocycles. The van der Waals surface area contributed by atoms with Crippen molar-refractivity contribution in [1.29, 1.82) is 0 Å². The summed E-state index contributed by atoms with van der Waals surface area (Å²) in [6.07, 6.45) is 0.800. The number of rotatable bonds is 8. The summed E-state index contributed by atoms with van der Waals surface area (Å²) in [4.78, 5) is 4.42. The van der Waals surface area contributed by atoms with Crippen molar-refractivity contribution < 1.29 is 14.2 Å². The fourth-order valence-corrected chi connectivity index (χ4v) is 2.47. The molecule has 0 radical (unpaired) electrons. The molecule has 0 unspecified atom stereocenters. The van der Waals surface area contributed by atoms with Crippen molar-refractivity contribution >= 4 is 5.84 Å². The lowest BCUT2D eigenvalue weighted by Crippen LogP contribution is -2.19. The number of hydrogen-bond donors (Lipinski definition) is 1. The lowest BCUT2D eigenvalue weighted by molar-refractivity contribution is 0.240. The fraction of sp³-hybridized carbons (Fsp3) is 0.316. The first-order valence-corrected chi connectivity index (χ1v) is 8.14. The SMILES string of the molecule is COc1cc(C2=NCCN2)ccc1OCCCOc1ccccc1. The number of methoxy groups -OCH3 is 1. The van der Waals surface area contributed by atoms with Gasteiger partial charge >= 0.3 is 0 Å². The van der Waals surface area contributed by atoms with Crippen LogP contribution in [-0.2, 0) is 0 Å². The van der Waals surface area contributed by atoms with Gasteiger partial charge in [-0.1, -0.05) is 18.2 Å². The van der Waals surface area contributed by atoms with Crippen molar-refractivity contribution in [2.45, 2.75) is 6.42 Å². The van der Waals surface area contributed by atoms with Gasteiger partial charge in [-0.3, -0.25) is 4.99 Å². The molecule has 2 aromatic rings. The molecule has 0 bridgehead atoms. The standard InChI is InChI=1S/C19H22N2O3/c1-22-18-14-15(19-20-10-11-21-19)8-9-17(18)24-13-5-12-23-16-6-3-2-4-7-16/h2-4,6-9,14H,5,10-13H2,1H3,(H,20,21). The van der Waals surface area contributed by atoms with E-state index in [-0.39, 0.29) is 0 Å². The number of nitrogens with zero attached hydrogens (tertiary/aromatic N) is 1. The predicted molar refractivity (Wildman–Crippen MR) is 94.4 cm³/mol. The molecule has 0 spiro atoms. The molecule has 5 nitrogen and oxygen atoms in total. The molecule has 0 fully saturated rings. The zero-order chi connectivity index (χ0) is 16.6. The monoisotopic (exact) mass is 326 g/mol. The van der Waals surface area contributed by atoms with Crippen LogP contribution in [0.15, 0.2) is 53.5 Å². The summed E-state index contributed by atoms with van der Waals surface area (Å²) in [5, 5.41) is 3.26. The van der Waals surface area contributed by atoms with Gasteiger partial charge < -0.3 is 19.5 Å². The fourth-order valence-electron chi connectivity index (χ4n) is 2.47. The topological polar surface area (TPSA) is 52.1 Å². The first kappa shape index (κ1) is 16.2. The van der Waals surface area contributed by atoms with Gasteiger partial charge in [0.1, 0.15) is 11.6 Å². The molecule has 0 saturated heterocycles. The van der Waals surface area contributed by atoms with E-state index in [0.717, 1.165) is 42.4 Å². The average Bonchev–Trinajstić information content (AvgIpc) is 3.17. The third kappa shape index (κ3) is 4.19. The summed E-state index contributed by atoms with van der Waals surface area (Å²) < 4.78 is 16.9. The first-order valence-electron chi connectivity index (χ1n) is 8.14. The van der Waals surface area contributed by atoms with Crippen LogP contribution in [0.25, 0.3) is 0 Å². The van der Waals surface area contributed by atoms with Crippen LogP contribution >= 0.6 is 0 Å². The number of ether oxygens (including phenoxy) is 3. The summed E-state index contributed by atoms with van der Waals surface area (Å²) in [5.74, 6) is 3.24. The molecule has 0 aliphatic carbocycles. The Morgan fingerprint density at radius 1 is 1.00 bits per heavy atom.